The predicted molar refractivity (Wildman–Crippen MR) is 89.0 cm³/mol. The van der Waals surface area contributed by atoms with Gasteiger partial charge in [-0.2, -0.15) is 5.26 Å². The van der Waals surface area contributed by atoms with Gasteiger partial charge in [-0.25, -0.2) is 0 Å². The summed E-state index contributed by atoms with van der Waals surface area (Å²) >= 11 is 3.47. The first kappa shape index (κ1) is 17.8. The zero-order chi connectivity index (χ0) is 15.7. The van der Waals surface area contributed by atoms with Crippen LogP contribution in [0.3, 0.4) is 0 Å². The number of rotatable bonds is 9. The largest absolute Gasteiger partial charge is 0.493 e. The lowest BCUT2D eigenvalue weighted by atomic mass is 9.90. The van der Waals surface area contributed by atoms with Crippen LogP contribution in [-0.2, 0) is 5.33 Å². The number of halogens is 1. The molecule has 0 saturated carbocycles. The number of alkyl halides is 1. The first-order valence-corrected chi connectivity index (χ1v) is 8.50. The Morgan fingerprint density at radius 3 is 2.62 bits per heavy atom. The molecule has 0 saturated heterocycles. The van der Waals surface area contributed by atoms with Crippen molar-refractivity contribution in [3.8, 4) is 17.6 Å². The van der Waals surface area contributed by atoms with E-state index in [1.165, 1.54) is 0 Å². The van der Waals surface area contributed by atoms with Crippen LogP contribution in [0.1, 0.15) is 45.6 Å². The maximum absolute atomic E-state index is 9.00. The Bertz CT molecular complexity index is 480. The van der Waals surface area contributed by atoms with Gasteiger partial charge in [-0.05, 0) is 39.2 Å². The second-order valence-electron chi connectivity index (χ2n) is 5.70. The average Bonchev–Trinajstić information content (AvgIpc) is 2.49. The van der Waals surface area contributed by atoms with E-state index >= 15 is 0 Å². The molecule has 0 aliphatic heterocycles. The minimum absolute atomic E-state index is 0.284. The Morgan fingerprint density at radius 2 is 2.00 bits per heavy atom. The molecule has 1 rings (SSSR count). The lowest BCUT2D eigenvalue weighted by molar-refractivity contribution is 0.278. The van der Waals surface area contributed by atoms with Crippen LogP contribution in [-0.4, -0.2) is 13.2 Å². The molecule has 0 unspecified atom stereocenters. The van der Waals surface area contributed by atoms with E-state index in [1.807, 2.05) is 32.0 Å². The highest BCUT2D eigenvalue weighted by Gasteiger charge is 2.16. The smallest absolute Gasteiger partial charge is 0.127 e. The third kappa shape index (κ3) is 6.39. The van der Waals surface area contributed by atoms with E-state index in [4.69, 9.17) is 14.7 Å². The summed E-state index contributed by atoms with van der Waals surface area (Å²) in [5.74, 6) is 1.70. The minimum atomic E-state index is -0.284. The van der Waals surface area contributed by atoms with E-state index in [2.05, 4.69) is 28.9 Å². The Morgan fingerprint density at radius 1 is 1.24 bits per heavy atom. The van der Waals surface area contributed by atoms with Gasteiger partial charge in [0, 0.05) is 17.0 Å². The molecular formula is C17H24BrNO2. The van der Waals surface area contributed by atoms with Gasteiger partial charge in [-0.1, -0.05) is 28.9 Å². The maximum Gasteiger partial charge on any atom is 0.127 e. The molecule has 0 spiro atoms. The van der Waals surface area contributed by atoms with Crippen LogP contribution in [0.2, 0.25) is 0 Å². The number of hydrogen-bond donors (Lipinski definition) is 0. The van der Waals surface area contributed by atoms with Gasteiger partial charge >= 0.3 is 0 Å². The van der Waals surface area contributed by atoms with Gasteiger partial charge in [-0.3, -0.25) is 0 Å². The number of nitriles is 1. The predicted octanol–water partition coefficient (Wildman–Crippen LogP) is 5.08. The van der Waals surface area contributed by atoms with Gasteiger partial charge in [0.15, 0.2) is 0 Å². The molecule has 116 valence electrons. The van der Waals surface area contributed by atoms with E-state index in [0.29, 0.717) is 13.2 Å². The molecule has 3 nitrogen and oxygen atoms in total. The summed E-state index contributed by atoms with van der Waals surface area (Å²) in [6, 6.07) is 8.25. The van der Waals surface area contributed by atoms with Crippen LogP contribution in [0.5, 0.6) is 11.5 Å². The highest BCUT2D eigenvalue weighted by atomic mass is 79.9. The molecule has 0 bridgehead atoms. The molecule has 0 heterocycles. The highest BCUT2D eigenvalue weighted by molar-refractivity contribution is 9.08. The van der Waals surface area contributed by atoms with Crippen molar-refractivity contribution in [2.24, 2.45) is 5.41 Å². The van der Waals surface area contributed by atoms with Gasteiger partial charge in [0.25, 0.3) is 0 Å². The fraction of sp³-hybridized carbons (Fsp3) is 0.588. The van der Waals surface area contributed by atoms with E-state index in [1.54, 1.807) is 0 Å². The third-order valence-electron chi connectivity index (χ3n) is 3.16. The van der Waals surface area contributed by atoms with Crippen molar-refractivity contribution in [2.75, 3.05) is 13.2 Å². The highest BCUT2D eigenvalue weighted by Crippen LogP contribution is 2.28. The second-order valence-corrected chi connectivity index (χ2v) is 6.26. The Balaban J connectivity index is 2.58. The monoisotopic (exact) mass is 353 g/mol. The molecular weight excluding hydrogens is 330 g/mol. The van der Waals surface area contributed by atoms with Gasteiger partial charge in [0.2, 0.25) is 0 Å². The minimum Gasteiger partial charge on any atom is -0.493 e. The van der Waals surface area contributed by atoms with Gasteiger partial charge < -0.3 is 9.47 Å². The summed E-state index contributed by atoms with van der Waals surface area (Å²) < 4.78 is 11.5. The fourth-order valence-corrected chi connectivity index (χ4v) is 2.30. The van der Waals surface area contributed by atoms with Crippen LogP contribution in [0.4, 0.5) is 0 Å². The Labute approximate surface area is 136 Å². The molecule has 21 heavy (non-hydrogen) atoms. The topological polar surface area (TPSA) is 42.2 Å². The van der Waals surface area contributed by atoms with Crippen molar-refractivity contribution >= 4 is 15.9 Å². The van der Waals surface area contributed by atoms with Crippen molar-refractivity contribution < 1.29 is 9.47 Å². The molecule has 0 N–H and O–H groups in total. The standard InChI is InChI=1S/C17H24BrNO2/c1-4-9-20-15-7-6-14(12-18)16(11-15)21-10-5-8-17(2,3)13-19/h6-7,11H,4-5,8-10,12H2,1-3H3. The Hall–Kier alpha value is -1.21. The molecule has 0 amide bonds. The molecule has 0 atom stereocenters. The molecule has 1 aromatic rings. The maximum atomic E-state index is 9.00. The summed E-state index contributed by atoms with van der Waals surface area (Å²) in [6.45, 7) is 7.32. The number of ether oxygens (including phenoxy) is 2. The van der Waals surface area contributed by atoms with Gasteiger partial charge in [0.05, 0.1) is 24.7 Å². The van der Waals surface area contributed by atoms with Crippen molar-refractivity contribution in [3.63, 3.8) is 0 Å². The zero-order valence-corrected chi connectivity index (χ0v) is 14.7. The SMILES string of the molecule is CCCOc1ccc(CBr)c(OCCCC(C)(C)C#N)c1. The van der Waals surface area contributed by atoms with Crippen molar-refractivity contribution in [3.05, 3.63) is 23.8 Å². The third-order valence-corrected chi connectivity index (χ3v) is 3.77. The first-order chi connectivity index (χ1) is 10.0. The van der Waals surface area contributed by atoms with E-state index < -0.39 is 0 Å². The van der Waals surface area contributed by atoms with E-state index in [-0.39, 0.29) is 5.41 Å². The van der Waals surface area contributed by atoms with Crippen LogP contribution in [0.15, 0.2) is 18.2 Å². The molecule has 0 fully saturated rings. The van der Waals surface area contributed by atoms with Crippen molar-refractivity contribution in [1.29, 1.82) is 5.26 Å². The summed E-state index contributed by atoms with van der Waals surface area (Å²) in [7, 11) is 0. The second kappa shape index (κ2) is 8.94. The lowest BCUT2D eigenvalue weighted by Gasteiger charge is -2.16. The number of benzene rings is 1. The molecule has 0 aromatic heterocycles. The van der Waals surface area contributed by atoms with Gasteiger partial charge in [0.1, 0.15) is 11.5 Å². The molecule has 0 radical (unpaired) electrons. The van der Waals surface area contributed by atoms with E-state index in [9.17, 15) is 0 Å². The zero-order valence-electron chi connectivity index (χ0n) is 13.1. The van der Waals surface area contributed by atoms with Crippen LogP contribution >= 0.6 is 15.9 Å². The fourth-order valence-electron chi connectivity index (χ4n) is 1.84. The van der Waals surface area contributed by atoms with Crippen LogP contribution in [0, 0.1) is 16.7 Å². The Kier molecular flexibility index (Phi) is 7.60. The van der Waals surface area contributed by atoms with E-state index in [0.717, 1.165) is 41.7 Å². The van der Waals surface area contributed by atoms with Crippen LogP contribution < -0.4 is 9.47 Å². The first-order valence-electron chi connectivity index (χ1n) is 7.38. The quantitative estimate of drug-likeness (QED) is 0.459. The van der Waals surface area contributed by atoms with Crippen LogP contribution in [0.25, 0.3) is 0 Å². The average molecular weight is 354 g/mol. The van der Waals surface area contributed by atoms with Gasteiger partial charge in [-0.15, -0.1) is 0 Å². The summed E-state index contributed by atoms with van der Waals surface area (Å²) in [5.41, 5.74) is 0.826. The summed E-state index contributed by atoms with van der Waals surface area (Å²) in [6.07, 6.45) is 2.68. The normalized spacial score (nSPS) is 11.0. The van der Waals surface area contributed by atoms with Crippen molar-refractivity contribution in [2.45, 2.75) is 45.4 Å². The molecule has 0 aliphatic rings. The van der Waals surface area contributed by atoms with Crippen molar-refractivity contribution in [1.82, 2.24) is 0 Å². The molecule has 4 heteroatoms. The number of nitrogens with zero attached hydrogens (tertiary/aromatic N) is 1. The summed E-state index contributed by atoms with van der Waals surface area (Å²) in [4.78, 5) is 0. The molecule has 0 aliphatic carbocycles. The number of hydrogen-bond acceptors (Lipinski definition) is 3. The molecule has 1 aromatic carbocycles. The summed E-state index contributed by atoms with van der Waals surface area (Å²) in [5, 5.41) is 9.75. The lowest BCUT2D eigenvalue weighted by Crippen LogP contribution is -2.10.